The van der Waals surface area contributed by atoms with E-state index in [9.17, 15) is 4.79 Å². The Labute approximate surface area is 221 Å². The van der Waals surface area contributed by atoms with Crippen molar-refractivity contribution in [3.8, 4) is 6.07 Å². The number of nitrogens with zero attached hydrogens (tertiary/aromatic N) is 6. The van der Waals surface area contributed by atoms with Gasteiger partial charge in [0.15, 0.2) is 5.13 Å². The van der Waals surface area contributed by atoms with Crippen molar-refractivity contribution in [3.63, 3.8) is 0 Å². The van der Waals surface area contributed by atoms with Crippen molar-refractivity contribution in [1.82, 2.24) is 19.9 Å². The SMILES string of the molecule is CCOC(=O)c1sc(Nc2nc(NCc3ccc(C#N)cc3)cc(N3CCC(N(C)C)CC3)n2)nc1C. The Kier molecular flexibility index (Phi) is 8.53. The third-order valence-corrected chi connectivity index (χ3v) is 7.32. The van der Waals surface area contributed by atoms with Crippen LogP contribution in [-0.4, -0.2) is 65.7 Å². The van der Waals surface area contributed by atoms with Crippen LogP contribution in [-0.2, 0) is 11.3 Å². The van der Waals surface area contributed by atoms with Crippen molar-refractivity contribution in [1.29, 1.82) is 5.26 Å². The molecule has 37 heavy (non-hydrogen) atoms. The molecule has 0 saturated carbocycles. The van der Waals surface area contributed by atoms with E-state index in [1.807, 2.05) is 18.2 Å². The molecule has 1 aliphatic heterocycles. The highest BCUT2D eigenvalue weighted by atomic mass is 32.1. The molecule has 4 rings (SSSR count). The zero-order valence-corrected chi connectivity index (χ0v) is 22.4. The number of piperidine rings is 1. The number of hydrogen-bond donors (Lipinski definition) is 2. The van der Waals surface area contributed by atoms with Crippen molar-refractivity contribution in [2.24, 2.45) is 0 Å². The third-order valence-electron chi connectivity index (χ3n) is 6.26. The fraction of sp³-hybridized carbons (Fsp3) is 0.423. The molecule has 0 radical (unpaired) electrons. The highest BCUT2D eigenvalue weighted by molar-refractivity contribution is 7.17. The van der Waals surface area contributed by atoms with Gasteiger partial charge in [-0.15, -0.1) is 0 Å². The number of aryl methyl sites for hydroxylation is 1. The molecule has 1 aromatic carbocycles. The third kappa shape index (κ3) is 6.72. The predicted octanol–water partition coefficient (Wildman–Crippen LogP) is 4.18. The number of rotatable bonds is 9. The van der Waals surface area contributed by atoms with Gasteiger partial charge in [0, 0.05) is 31.7 Å². The predicted molar refractivity (Wildman–Crippen MR) is 146 cm³/mol. The van der Waals surface area contributed by atoms with Crippen molar-refractivity contribution < 1.29 is 9.53 Å². The number of aromatic nitrogens is 3. The number of nitriles is 1. The van der Waals surface area contributed by atoms with Gasteiger partial charge in [0.2, 0.25) is 5.95 Å². The van der Waals surface area contributed by atoms with Crippen LogP contribution in [0.4, 0.5) is 22.7 Å². The van der Waals surface area contributed by atoms with Gasteiger partial charge in [-0.3, -0.25) is 5.32 Å². The van der Waals surface area contributed by atoms with E-state index >= 15 is 0 Å². The molecule has 3 heterocycles. The number of ether oxygens (including phenoxy) is 1. The van der Waals surface area contributed by atoms with Crippen LogP contribution in [0.15, 0.2) is 30.3 Å². The smallest absolute Gasteiger partial charge is 0.350 e. The number of carbonyl (C=O) groups is 1. The molecule has 194 valence electrons. The molecule has 0 spiro atoms. The van der Waals surface area contributed by atoms with Gasteiger partial charge in [-0.25, -0.2) is 9.78 Å². The topological polar surface area (TPSA) is 119 Å². The average molecular weight is 521 g/mol. The van der Waals surface area contributed by atoms with Crippen LogP contribution in [0.1, 0.15) is 46.3 Å². The summed E-state index contributed by atoms with van der Waals surface area (Å²) in [6.07, 6.45) is 2.12. The summed E-state index contributed by atoms with van der Waals surface area (Å²) in [5.41, 5.74) is 2.27. The maximum absolute atomic E-state index is 12.2. The quantitative estimate of drug-likeness (QED) is 0.398. The minimum atomic E-state index is -0.381. The lowest BCUT2D eigenvalue weighted by Gasteiger charge is -2.36. The van der Waals surface area contributed by atoms with Crippen LogP contribution in [0.2, 0.25) is 0 Å². The van der Waals surface area contributed by atoms with E-state index < -0.39 is 0 Å². The first-order chi connectivity index (χ1) is 17.9. The molecule has 0 amide bonds. The van der Waals surface area contributed by atoms with Crippen LogP contribution in [0.5, 0.6) is 0 Å². The molecule has 2 aromatic heterocycles. The van der Waals surface area contributed by atoms with Crippen LogP contribution in [0.3, 0.4) is 0 Å². The van der Waals surface area contributed by atoms with Gasteiger partial charge in [0.05, 0.1) is 23.9 Å². The second-order valence-corrected chi connectivity index (χ2v) is 10.1. The molecular weight excluding hydrogens is 488 g/mol. The van der Waals surface area contributed by atoms with E-state index in [4.69, 9.17) is 15.0 Å². The fourth-order valence-electron chi connectivity index (χ4n) is 4.18. The lowest BCUT2D eigenvalue weighted by atomic mass is 10.0. The molecule has 0 bridgehead atoms. The number of esters is 1. The largest absolute Gasteiger partial charge is 0.462 e. The Bertz CT molecular complexity index is 1260. The average Bonchev–Trinajstić information content (AvgIpc) is 3.27. The molecule has 3 aromatic rings. The van der Waals surface area contributed by atoms with Crippen molar-refractivity contribution in [3.05, 3.63) is 52.0 Å². The Hall–Kier alpha value is -3.75. The zero-order chi connectivity index (χ0) is 26.4. The molecule has 0 aliphatic carbocycles. The van der Waals surface area contributed by atoms with Gasteiger partial charge >= 0.3 is 5.97 Å². The number of anilines is 4. The summed E-state index contributed by atoms with van der Waals surface area (Å²) in [6.45, 7) is 6.22. The molecule has 1 saturated heterocycles. The second kappa shape index (κ2) is 12.0. The van der Waals surface area contributed by atoms with E-state index in [1.54, 1.807) is 26.0 Å². The summed E-state index contributed by atoms with van der Waals surface area (Å²) >= 11 is 1.22. The van der Waals surface area contributed by atoms with Crippen molar-refractivity contribution >= 4 is 40.0 Å². The van der Waals surface area contributed by atoms with E-state index in [2.05, 4.69) is 50.6 Å². The van der Waals surface area contributed by atoms with Gasteiger partial charge in [-0.2, -0.15) is 15.2 Å². The van der Waals surface area contributed by atoms with Crippen LogP contribution in [0, 0.1) is 18.3 Å². The lowest BCUT2D eigenvalue weighted by Crippen LogP contribution is -2.42. The summed E-state index contributed by atoms with van der Waals surface area (Å²) in [5, 5.41) is 16.1. The first kappa shape index (κ1) is 26.3. The van der Waals surface area contributed by atoms with Gasteiger partial charge in [-0.1, -0.05) is 23.5 Å². The Morgan fingerprint density at radius 1 is 1.22 bits per heavy atom. The minimum absolute atomic E-state index is 0.308. The maximum atomic E-state index is 12.2. The second-order valence-electron chi connectivity index (χ2n) is 9.06. The first-order valence-corrected chi connectivity index (χ1v) is 13.1. The van der Waals surface area contributed by atoms with Gasteiger partial charge in [0.25, 0.3) is 0 Å². The van der Waals surface area contributed by atoms with Crippen LogP contribution < -0.4 is 15.5 Å². The monoisotopic (exact) mass is 520 g/mol. The first-order valence-electron chi connectivity index (χ1n) is 12.3. The van der Waals surface area contributed by atoms with Gasteiger partial charge in [-0.05, 0) is 58.5 Å². The molecule has 0 unspecified atom stereocenters. The van der Waals surface area contributed by atoms with Crippen LogP contribution >= 0.6 is 11.3 Å². The summed E-state index contributed by atoms with van der Waals surface area (Å²) in [6, 6.07) is 12.1. The van der Waals surface area contributed by atoms with E-state index in [-0.39, 0.29) is 5.97 Å². The van der Waals surface area contributed by atoms with E-state index in [0.717, 1.165) is 37.3 Å². The van der Waals surface area contributed by atoms with Crippen molar-refractivity contribution in [2.45, 2.75) is 39.3 Å². The molecule has 10 nitrogen and oxygen atoms in total. The maximum Gasteiger partial charge on any atom is 0.350 e. The molecular formula is C26H32N8O2S. The fourth-order valence-corrected chi connectivity index (χ4v) is 5.03. The lowest BCUT2D eigenvalue weighted by molar-refractivity contribution is 0.0531. The minimum Gasteiger partial charge on any atom is -0.462 e. The number of thiazole rings is 1. The highest BCUT2D eigenvalue weighted by Crippen LogP contribution is 2.28. The zero-order valence-electron chi connectivity index (χ0n) is 21.6. The Morgan fingerprint density at radius 2 is 1.95 bits per heavy atom. The Balaban J connectivity index is 1.56. The number of benzene rings is 1. The molecule has 2 N–H and O–H groups in total. The van der Waals surface area contributed by atoms with Crippen LogP contribution in [0.25, 0.3) is 0 Å². The van der Waals surface area contributed by atoms with E-state index in [1.165, 1.54) is 11.3 Å². The number of nitrogens with one attached hydrogen (secondary N) is 2. The standard InChI is InChI=1S/C26H32N8O2S/c1-5-36-24(35)23-17(2)29-26(37-23)32-25-30-21(28-16-19-8-6-18(15-27)7-9-19)14-22(31-25)34-12-10-20(11-13-34)33(3)4/h6-9,14,20H,5,10-13,16H2,1-4H3,(H2,28,29,30,31,32). The number of carbonyl (C=O) groups excluding carboxylic acids is 1. The molecule has 1 aliphatic rings. The molecule has 11 heteroatoms. The summed E-state index contributed by atoms with van der Waals surface area (Å²) in [5.74, 6) is 1.52. The summed E-state index contributed by atoms with van der Waals surface area (Å²) < 4.78 is 5.14. The van der Waals surface area contributed by atoms with Crippen molar-refractivity contribution in [2.75, 3.05) is 49.3 Å². The summed E-state index contributed by atoms with van der Waals surface area (Å²) in [4.78, 5) is 31.2. The number of hydrogen-bond acceptors (Lipinski definition) is 11. The summed E-state index contributed by atoms with van der Waals surface area (Å²) in [7, 11) is 4.25. The normalized spacial score (nSPS) is 13.9. The van der Waals surface area contributed by atoms with E-state index in [0.29, 0.717) is 52.2 Å². The molecule has 0 atom stereocenters. The molecule has 1 fully saturated rings. The van der Waals surface area contributed by atoms with Gasteiger partial charge < -0.3 is 19.9 Å². The Morgan fingerprint density at radius 3 is 2.59 bits per heavy atom. The highest BCUT2D eigenvalue weighted by Gasteiger charge is 2.23. The van der Waals surface area contributed by atoms with Gasteiger partial charge in [0.1, 0.15) is 16.5 Å².